The molecule has 0 saturated carbocycles. The average Bonchev–Trinajstić information content (AvgIpc) is 2.34. The van der Waals surface area contributed by atoms with Crippen molar-refractivity contribution >= 4 is 23.4 Å². The molecule has 1 N–H and O–H groups in total. The number of nitro benzene ring substituents is 1. The number of aliphatic carboxylic acids is 1. The van der Waals surface area contributed by atoms with Gasteiger partial charge in [0.25, 0.3) is 0 Å². The smallest absolute Gasteiger partial charge is 0.324 e. The SMILES string of the molecule is CCC(Sc1cccc(OC)c1[N+](=O)[O-])C(=O)O. The largest absolute Gasteiger partial charge is 0.490 e. The molecule has 0 fully saturated rings. The van der Waals surface area contributed by atoms with Crippen molar-refractivity contribution in [3.05, 3.63) is 28.3 Å². The van der Waals surface area contributed by atoms with E-state index in [1.165, 1.54) is 19.2 Å². The van der Waals surface area contributed by atoms with Crippen molar-refractivity contribution in [2.45, 2.75) is 23.5 Å². The molecule has 7 heteroatoms. The first-order chi connectivity index (χ1) is 8.51. The summed E-state index contributed by atoms with van der Waals surface area (Å²) in [4.78, 5) is 21.7. The molecule has 0 radical (unpaired) electrons. The zero-order chi connectivity index (χ0) is 13.7. The van der Waals surface area contributed by atoms with Gasteiger partial charge < -0.3 is 9.84 Å². The number of carboxylic acid groups (broad SMARTS) is 1. The standard InChI is InChI=1S/C11H13NO5S/c1-3-8(11(13)14)18-9-6-4-5-7(17-2)10(9)12(15)16/h4-6,8H,3H2,1-2H3,(H,13,14). The van der Waals surface area contributed by atoms with Crippen LogP contribution in [0.1, 0.15) is 13.3 Å². The number of para-hydroxylation sites is 1. The first kappa shape index (κ1) is 14.3. The van der Waals surface area contributed by atoms with Crippen LogP contribution in [0.5, 0.6) is 5.75 Å². The molecule has 1 atom stereocenters. The van der Waals surface area contributed by atoms with Gasteiger partial charge in [0, 0.05) is 0 Å². The molecule has 6 nitrogen and oxygen atoms in total. The molecule has 0 bridgehead atoms. The fourth-order valence-electron chi connectivity index (χ4n) is 1.40. The van der Waals surface area contributed by atoms with Gasteiger partial charge in [-0.25, -0.2) is 0 Å². The Morgan fingerprint density at radius 1 is 1.61 bits per heavy atom. The molecular weight excluding hydrogens is 258 g/mol. The van der Waals surface area contributed by atoms with Crippen molar-refractivity contribution in [2.75, 3.05) is 7.11 Å². The summed E-state index contributed by atoms with van der Waals surface area (Å²) in [6, 6.07) is 4.60. The van der Waals surface area contributed by atoms with Crippen LogP contribution in [0.3, 0.4) is 0 Å². The summed E-state index contributed by atoms with van der Waals surface area (Å²) in [7, 11) is 1.34. The molecule has 0 aliphatic rings. The van der Waals surface area contributed by atoms with Crippen molar-refractivity contribution in [1.82, 2.24) is 0 Å². The van der Waals surface area contributed by atoms with E-state index in [1.54, 1.807) is 13.0 Å². The van der Waals surface area contributed by atoms with Gasteiger partial charge in [-0.15, -0.1) is 11.8 Å². The predicted molar refractivity (Wildman–Crippen MR) is 67.2 cm³/mol. The van der Waals surface area contributed by atoms with Gasteiger partial charge in [0.2, 0.25) is 0 Å². The van der Waals surface area contributed by atoms with Crippen molar-refractivity contribution in [3.63, 3.8) is 0 Å². The highest BCUT2D eigenvalue weighted by atomic mass is 32.2. The van der Waals surface area contributed by atoms with Gasteiger partial charge in [0.15, 0.2) is 5.75 Å². The molecule has 0 amide bonds. The Morgan fingerprint density at radius 2 is 2.28 bits per heavy atom. The molecular formula is C11H13NO5S. The summed E-state index contributed by atoms with van der Waals surface area (Å²) in [5.41, 5.74) is -0.190. The van der Waals surface area contributed by atoms with Crippen LogP contribution in [0.25, 0.3) is 0 Å². The number of benzene rings is 1. The monoisotopic (exact) mass is 271 g/mol. The van der Waals surface area contributed by atoms with Crippen molar-refractivity contribution in [2.24, 2.45) is 0 Å². The average molecular weight is 271 g/mol. The van der Waals surface area contributed by atoms with Gasteiger partial charge in [0.05, 0.1) is 16.9 Å². The van der Waals surface area contributed by atoms with E-state index in [2.05, 4.69) is 0 Å². The molecule has 0 heterocycles. The lowest BCUT2D eigenvalue weighted by Gasteiger charge is -2.11. The molecule has 0 aromatic heterocycles. The number of methoxy groups -OCH3 is 1. The second-order valence-electron chi connectivity index (χ2n) is 3.42. The number of carbonyl (C=O) groups is 1. The summed E-state index contributed by atoms with van der Waals surface area (Å²) >= 11 is 0.960. The number of carboxylic acids is 1. The van der Waals surface area contributed by atoms with Gasteiger partial charge in [-0.2, -0.15) is 0 Å². The lowest BCUT2D eigenvalue weighted by Crippen LogP contribution is -2.15. The molecule has 0 saturated heterocycles. The zero-order valence-electron chi connectivity index (χ0n) is 9.95. The van der Waals surface area contributed by atoms with E-state index >= 15 is 0 Å². The Balaban J connectivity index is 3.15. The Kier molecular flexibility index (Phi) is 4.96. The van der Waals surface area contributed by atoms with Crippen LogP contribution in [0.15, 0.2) is 23.1 Å². The van der Waals surface area contributed by atoms with Crippen LogP contribution in [0.2, 0.25) is 0 Å². The molecule has 1 aromatic rings. The molecule has 18 heavy (non-hydrogen) atoms. The minimum absolute atomic E-state index is 0.130. The third kappa shape index (κ3) is 3.13. The first-order valence-corrected chi connectivity index (χ1v) is 6.10. The van der Waals surface area contributed by atoms with Gasteiger partial charge in [-0.05, 0) is 18.6 Å². The Labute approximate surface area is 108 Å². The van der Waals surface area contributed by atoms with Crippen molar-refractivity contribution in [3.8, 4) is 5.75 Å². The first-order valence-electron chi connectivity index (χ1n) is 5.22. The Hall–Kier alpha value is -1.76. The number of nitro groups is 1. The van der Waals surface area contributed by atoms with Crippen LogP contribution >= 0.6 is 11.8 Å². The maximum Gasteiger partial charge on any atom is 0.324 e. The Bertz CT molecular complexity index is 463. The molecule has 1 unspecified atom stereocenters. The molecule has 0 aliphatic carbocycles. The van der Waals surface area contributed by atoms with Crippen molar-refractivity contribution < 1.29 is 19.6 Å². The zero-order valence-corrected chi connectivity index (χ0v) is 10.8. The van der Waals surface area contributed by atoms with E-state index in [4.69, 9.17) is 9.84 Å². The number of hydrogen-bond acceptors (Lipinski definition) is 5. The van der Waals surface area contributed by atoms with E-state index in [1.807, 2.05) is 0 Å². The van der Waals surface area contributed by atoms with Crippen molar-refractivity contribution in [1.29, 1.82) is 0 Å². The van der Waals surface area contributed by atoms with Crippen LogP contribution < -0.4 is 4.74 Å². The lowest BCUT2D eigenvalue weighted by atomic mass is 10.3. The highest BCUT2D eigenvalue weighted by molar-refractivity contribution is 8.00. The van der Waals surface area contributed by atoms with E-state index in [0.717, 1.165) is 11.8 Å². The molecule has 1 rings (SSSR count). The molecule has 1 aromatic carbocycles. The second kappa shape index (κ2) is 6.25. The quantitative estimate of drug-likeness (QED) is 0.486. The lowest BCUT2D eigenvalue weighted by molar-refractivity contribution is -0.388. The van der Waals surface area contributed by atoms with Crippen LogP contribution in [0.4, 0.5) is 5.69 Å². The normalized spacial score (nSPS) is 11.9. The fourth-order valence-corrected chi connectivity index (χ4v) is 2.42. The van der Waals surface area contributed by atoms with Gasteiger partial charge in [-0.3, -0.25) is 14.9 Å². The molecule has 98 valence electrons. The fraction of sp³-hybridized carbons (Fsp3) is 0.364. The molecule has 0 spiro atoms. The maximum absolute atomic E-state index is 11.0. The van der Waals surface area contributed by atoms with E-state index in [0.29, 0.717) is 11.3 Å². The highest BCUT2D eigenvalue weighted by Gasteiger charge is 2.25. The van der Waals surface area contributed by atoms with Crippen LogP contribution in [0, 0.1) is 10.1 Å². The number of ether oxygens (including phenoxy) is 1. The number of hydrogen-bond donors (Lipinski definition) is 1. The maximum atomic E-state index is 11.0. The van der Waals surface area contributed by atoms with Crippen LogP contribution in [-0.2, 0) is 4.79 Å². The van der Waals surface area contributed by atoms with Crippen LogP contribution in [-0.4, -0.2) is 28.4 Å². The van der Waals surface area contributed by atoms with Gasteiger partial charge in [-0.1, -0.05) is 13.0 Å². The summed E-state index contributed by atoms with van der Waals surface area (Å²) in [6.07, 6.45) is 0.383. The topological polar surface area (TPSA) is 89.7 Å². The summed E-state index contributed by atoms with van der Waals surface area (Å²) < 4.78 is 4.92. The summed E-state index contributed by atoms with van der Waals surface area (Å²) in [5, 5.41) is 19.3. The number of thioether (sulfide) groups is 1. The third-order valence-electron chi connectivity index (χ3n) is 2.28. The Morgan fingerprint density at radius 3 is 2.72 bits per heavy atom. The minimum atomic E-state index is -0.986. The van der Waals surface area contributed by atoms with E-state index < -0.39 is 16.1 Å². The second-order valence-corrected chi connectivity index (χ2v) is 4.66. The molecule has 0 aliphatic heterocycles. The van der Waals surface area contributed by atoms with Gasteiger partial charge in [0.1, 0.15) is 5.25 Å². The predicted octanol–water partition coefficient (Wildman–Crippen LogP) is 2.56. The summed E-state index contributed by atoms with van der Waals surface area (Å²) in [5.74, 6) is -0.857. The number of nitrogens with zero attached hydrogens (tertiary/aromatic N) is 1. The summed E-state index contributed by atoms with van der Waals surface area (Å²) in [6.45, 7) is 1.72. The van der Waals surface area contributed by atoms with E-state index in [9.17, 15) is 14.9 Å². The van der Waals surface area contributed by atoms with E-state index in [-0.39, 0.29) is 11.4 Å². The highest BCUT2D eigenvalue weighted by Crippen LogP contribution is 2.39. The minimum Gasteiger partial charge on any atom is -0.490 e. The number of rotatable bonds is 6. The van der Waals surface area contributed by atoms with Gasteiger partial charge >= 0.3 is 11.7 Å². The third-order valence-corrected chi connectivity index (χ3v) is 3.68.